The molecule has 1 N–H and O–H groups in total. The summed E-state index contributed by atoms with van der Waals surface area (Å²) in [7, 11) is 0. The summed E-state index contributed by atoms with van der Waals surface area (Å²) >= 11 is 0. The fraction of sp³-hybridized carbons (Fsp3) is 0.235. The van der Waals surface area contributed by atoms with Crippen molar-refractivity contribution < 1.29 is 22.7 Å². The number of nitrogens with one attached hydrogen (secondary N) is 1. The third-order valence-electron chi connectivity index (χ3n) is 3.04. The highest BCUT2D eigenvalue weighted by Crippen LogP contribution is 2.30. The van der Waals surface area contributed by atoms with Crippen molar-refractivity contribution in [2.45, 2.75) is 20.0 Å². The Balaban J connectivity index is 1.97. The molecule has 0 bridgehead atoms. The number of amides is 1. The molecule has 122 valence electrons. The normalized spacial score (nSPS) is 11.2. The molecule has 23 heavy (non-hydrogen) atoms. The van der Waals surface area contributed by atoms with Gasteiger partial charge in [0.25, 0.3) is 5.91 Å². The standard InChI is InChI=1S/C17H16F3NO2/c1-11-6-12(2)8-15(7-11)23-10-16(22)21-14-5-3-4-13(9-14)17(18,19)20/h3-9H,10H2,1-2H3,(H,21,22). The number of carbonyl (C=O) groups excluding carboxylic acids is 1. The van der Waals surface area contributed by atoms with Crippen molar-refractivity contribution in [1.29, 1.82) is 0 Å². The van der Waals surface area contributed by atoms with Gasteiger partial charge in [-0.25, -0.2) is 0 Å². The molecule has 0 unspecified atom stereocenters. The average molecular weight is 323 g/mol. The molecule has 0 heterocycles. The minimum absolute atomic E-state index is 0.0776. The molecule has 0 aliphatic heterocycles. The summed E-state index contributed by atoms with van der Waals surface area (Å²) in [6.07, 6.45) is -4.45. The predicted molar refractivity (Wildman–Crippen MR) is 81.5 cm³/mol. The molecule has 0 fully saturated rings. The van der Waals surface area contributed by atoms with Crippen LogP contribution in [0.4, 0.5) is 18.9 Å². The van der Waals surface area contributed by atoms with Crippen LogP contribution in [0.15, 0.2) is 42.5 Å². The number of halogens is 3. The van der Waals surface area contributed by atoms with E-state index in [1.54, 1.807) is 12.1 Å². The van der Waals surface area contributed by atoms with Crippen LogP contribution < -0.4 is 10.1 Å². The summed E-state index contributed by atoms with van der Waals surface area (Å²) in [4.78, 5) is 11.8. The van der Waals surface area contributed by atoms with Gasteiger partial charge >= 0.3 is 6.18 Å². The fourth-order valence-corrected chi connectivity index (χ4v) is 2.14. The molecule has 0 spiro atoms. The van der Waals surface area contributed by atoms with Crippen molar-refractivity contribution in [3.63, 3.8) is 0 Å². The Morgan fingerprint density at radius 1 is 1.09 bits per heavy atom. The van der Waals surface area contributed by atoms with E-state index in [2.05, 4.69) is 5.32 Å². The smallest absolute Gasteiger partial charge is 0.416 e. The molecule has 6 heteroatoms. The Hall–Kier alpha value is -2.50. The first kappa shape index (κ1) is 16.9. The van der Waals surface area contributed by atoms with Crippen LogP contribution in [0.5, 0.6) is 5.75 Å². The molecule has 0 atom stereocenters. The number of hydrogen-bond donors (Lipinski definition) is 1. The molecule has 1 amide bonds. The van der Waals surface area contributed by atoms with Crippen molar-refractivity contribution in [1.82, 2.24) is 0 Å². The number of benzene rings is 2. The van der Waals surface area contributed by atoms with E-state index < -0.39 is 17.6 Å². The molecule has 0 radical (unpaired) electrons. The van der Waals surface area contributed by atoms with Crippen LogP contribution in [0, 0.1) is 13.8 Å². The van der Waals surface area contributed by atoms with Crippen molar-refractivity contribution in [2.75, 3.05) is 11.9 Å². The lowest BCUT2D eigenvalue weighted by atomic mass is 10.1. The van der Waals surface area contributed by atoms with Crippen LogP contribution in [0.3, 0.4) is 0 Å². The van der Waals surface area contributed by atoms with Gasteiger partial charge in [-0.3, -0.25) is 4.79 Å². The third kappa shape index (κ3) is 5.02. The second-order valence-electron chi connectivity index (χ2n) is 5.24. The summed E-state index contributed by atoms with van der Waals surface area (Å²) in [5, 5.41) is 2.39. The van der Waals surface area contributed by atoms with Crippen LogP contribution in [0.1, 0.15) is 16.7 Å². The maximum Gasteiger partial charge on any atom is 0.416 e. The molecule has 0 aliphatic rings. The fourth-order valence-electron chi connectivity index (χ4n) is 2.14. The maximum absolute atomic E-state index is 12.6. The largest absolute Gasteiger partial charge is 0.484 e. The van der Waals surface area contributed by atoms with Crippen molar-refractivity contribution in [3.05, 3.63) is 59.2 Å². The average Bonchev–Trinajstić information content (AvgIpc) is 2.43. The van der Waals surface area contributed by atoms with E-state index in [0.717, 1.165) is 23.3 Å². The van der Waals surface area contributed by atoms with Gasteiger partial charge in [-0.2, -0.15) is 13.2 Å². The summed E-state index contributed by atoms with van der Waals surface area (Å²) < 4.78 is 43.2. The van der Waals surface area contributed by atoms with Gasteiger partial charge < -0.3 is 10.1 Å². The zero-order chi connectivity index (χ0) is 17.0. The lowest BCUT2D eigenvalue weighted by Gasteiger charge is -2.11. The van der Waals surface area contributed by atoms with Gasteiger partial charge in [0.15, 0.2) is 6.61 Å². The number of hydrogen-bond acceptors (Lipinski definition) is 2. The van der Waals surface area contributed by atoms with Gasteiger partial charge in [-0.15, -0.1) is 0 Å². The van der Waals surface area contributed by atoms with Crippen LogP contribution in [0.25, 0.3) is 0 Å². The molecule has 3 nitrogen and oxygen atoms in total. The molecular formula is C17H16F3NO2. The summed E-state index contributed by atoms with van der Waals surface area (Å²) in [6, 6.07) is 9.99. The second-order valence-corrected chi connectivity index (χ2v) is 5.24. The molecule has 0 saturated heterocycles. The van der Waals surface area contributed by atoms with E-state index in [4.69, 9.17) is 4.74 Å². The van der Waals surface area contributed by atoms with Crippen molar-refractivity contribution >= 4 is 11.6 Å². The minimum Gasteiger partial charge on any atom is -0.484 e. The first-order valence-corrected chi connectivity index (χ1v) is 6.92. The maximum atomic E-state index is 12.6. The van der Waals surface area contributed by atoms with Gasteiger partial charge in [0.1, 0.15) is 5.75 Å². The van der Waals surface area contributed by atoms with Gasteiger partial charge in [0.2, 0.25) is 0 Å². The molecule has 2 aromatic carbocycles. The summed E-state index contributed by atoms with van der Waals surface area (Å²) in [5.74, 6) is 0.0187. The number of rotatable bonds is 4. The Morgan fingerprint density at radius 3 is 2.35 bits per heavy atom. The SMILES string of the molecule is Cc1cc(C)cc(OCC(=O)Nc2cccc(C(F)(F)F)c2)c1. The van der Waals surface area contributed by atoms with Crippen LogP contribution >= 0.6 is 0 Å². The van der Waals surface area contributed by atoms with Gasteiger partial charge in [-0.1, -0.05) is 12.1 Å². The molecule has 0 saturated carbocycles. The van der Waals surface area contributed by atoms with E-state index >= 15 is 0 Å². The third-order valence-corrected chi connectivity index (χ3v) is 3.04. The van der Waals surface area contributed by atoms with E-state index in [9.17, 15) is 18.0 Å². The van der Waals surface area contributed by atoms with Crippen molar-refractivity contribution in [2.24, 2.45) is 0 Å². The molecular weight excluding hydrogens is 307 g/mol. The zero-order valence-corrected chi connectivity index (χ0v) is 12.7. The minimum atomic E-state index is -4.45. The Labute approximate surface area is 132 Å². The van der Waals surface area contributed by atoms with Crippen LogP contribution in [-0.2, 0) is 11.0 Å². The second kappa shape index (κ2) is 6.73. The first-order valence-electron chi connectivity index (χ1n) is 6.92. The number of anilines is 1. The number of alkyl halides is 3. The lowest BCUT2D eigenvalue weighted by molar-refractivity contribution is -0.137. The van der Waals surface area contributed by atoms with Crippen LogP contribution in [-0.4, -0.2) is 12.5 Å². The Bertz CT molecular complexity index is 691. The zero-order valence-electron chi connectivity index (χ0n) is 12.7. The molecule has 0 aliphatic carbocycles. The van der Waals surface area contributed by atoms with E-state index in [1.165, 1.54) is 12.1 Å². The van der Waals surface area contributed by atoms with Gasteiger partial charge in [0, 0.05) is 5.69 Å². The lowest BCUT2D eigenvalue weighted by Crippen LogP contribution is -2.20. The van der Waals surface area contributed by atoms with Gasteiger partial charge in [-0.05, 0) is 55.3 Å². The van der Waals surface area contributed by atoms with E-state index in [1.807, 2.05) is 19.9 Å². The van der Waals surface area contributed by atoms with Gasteiger partial charge in [0.05, 0.1) is 5.56 Å². The number of ether oxygens (including phenoxy) is 1. The van der Waals surface area contributed by atoms with Crippen molar-refractivity contribution in [3.8, 4) is 5.75 Å². The summed E-state index contributed by atoms with van der Waals surface area (Å²) in [6.45, 7) is 3.53. The monoisotopic (exact) mass is 323 g/mol. The van der Waals surface area contributed by atoms with Crippen LogP contribution in [0.2, 0.25) is 0 Å². The predicted octanol–water partition coefficient (Wildman–Crippen LogP) is 4.34. The highest BCUT2D eigenvalue weighted by molar-refractivity contribution is 5.91. The quantitative estimate of drug-likeness (QED) is 0.909. The Morgan fingerprint density at radius 2 is 1.74 bits per heavy atom. The Kier molecular flexibility index (Phi) is 4.93. The highest BCUT2D eigenvalue weighted by Gasteiger charge is 2.30. The summed E-state index contributed by atoms with van der Waals surface area (Å²) in [5.41, 5.74) is 1.26. The number of carbonyl (C=O) groups is 1. The first-order chi connectivity index (χ1) is 10.7. The molecule has 2 rings (SSSR count). The molecule has 0 aromatic heterocycles. The molecule has 2 aromatic rings. The number of aryl methyl sites for hydroxylation is 2. The van der Waals surface area contributed by atoms with E-state index in [-0.39, 0.29) is 12.3 Å². The highest BCUT2D eigenvalue weighted by atomic mass is 19.4. The van der Waals surface area contributed by atoms with E-state index in [0.29, 0.717) is 5.75 Å². The topological polar surface area (TPSA) is 38.3 Å².